The summed E-state index contributed by atoms with van der Waals surface area (Å²) in [6.45, 7) is 1.94. The Hall–Kier alpha value is -3.54. The highest BCUT2D eigenvalue weighted by Gasteiger charge is 2.18. The summed E-state index contributed by atoms with van der Waals surface area (Å²) in [4.78, 5) is 25.3. The fraction of sp³-hybridized carbons (Fsp3) is 0.111. The van der Waals surface area contributed by atoms with Crippen LogP contribution in [0.4, 0.5) is 16.2 Å². The van der Waals surface area contributed by atoms with E-state index in [0.29, 0.717) is 39.1 Å². The summed E-state index contributed by atoms with van der Waals surface area (Å²) in [7, 11) is 1.90. The summed E-state index contributed by atoms with van der Waals surface area (Å²) in [5.74, 6) is -0.0341. The van der Waals surface area contributed by atoms with E-state index in [9.17, 15) is 9.59 Å². The molecule has 0 atom stereocenters. The molecule has 0 aliphatic carbocycles. The van der Waals surface area contributed by atoms with Crippen molar-refractivity contribution in [2.75, 3.05) is 10.6 Å². The first-order valence-electron chi connectivity index (χ1n) is 10.7. The van der Waals surface area contributed by atoms with Crippen LogP contribution in [0.1, 0.15) is 32.9 Å². The van der Waals surface area contributed by atoms with Gasteiger partial charge >= 0.3 is 6.03 Å². The molecule has 7 heteroatoms. The van der Waals surface area contributed by atoms with Gasteiger partial charge in [-0.2, -0.15) is 0 Å². The smallest absolute Gasteiger partial charge is 0.323 e. The van der Waals surface area contributed by atoms with Gasteiger partial charge in [0.2, 0.25) is 5.78 Å². The molecule has 0 aliphatic heterocycles. The van der Waals surface area contributed by atoms with E-state index in [1.165, 1.54) is 0 Å². The molecule has 5 nitrogen and oxygen atoms in total. The fourth-order valence-electron chi connectivity index (χ4n) is 3.84. The number of anilines is 2. The second-order valence-electron chi connectivity index (χ2n) is 8.03. The summed E-state index contributed by atoms with van der Waals surface area (Å²) in [5, 5.41) is 6.71. The number of rotatable bonds is 6. The van der Waals surface area contributed by atoms with Gasteiger partial charge in [0.05, 0.1) is 5.69 Å². The van der Waals surface area contributed by atoms with Crippen LogP contribution in [0.25, 0.3) is 0 Å². The number of urea groups is 1. The van der Waals surface area contributed by atoms with Crippen molar-refractivity contribution in [3.05, 3.63) is 117 Å². The van der Waals surface area contributed by atoms with Crippen molar-refractivity contribution in [2.24, 2.45) is 7.05 Å². The van der Waals surface area contributed by atoms with Crippen LogP contribution < -0.4 is 10.6 Å². The molecule has 0 bridgehead atoms. The lowest BCUT2D eigenvalue weighted by atomic mass is 10.1. The van der Waals surface area contributed by atoms with E-state index in [4.69, 9.17) is 23.2 Å². The number of nitrogens with one attached hydrogen (secondary N) is 2. The van der Waals surface area contributed by atoms with E-state index in [0.717, 1.165) is 16.8 Å². The quantitative estimate of drug-likeness (QED) is 0.282. The average molecular weight is 492 g/mol. The Morgan fingerprint density at radius 2 is 1.50 bits per heavy atom. The van der Waals surface area contributed by atoms with Crippen molar-refractivity contribution in [1.29, 1.82) is 0 Å². The van der Waals surface area contributed by atoms with Crippen LogP contribution in [0.15, 0.2) is 78.9 Å². The zero-order valence-electron chi connectivity index (χ0n) is 18.7. The third-order valence-electron chi connectivity index (χ3n) is 5.52. The van der Waals surface area contributed by atoms with Gasteiger partial charge in [-0.15, -0.1) is 0 Å². The van der Waals surface area contributed by atoms with Crippen molar-refractivity contribution in [3.8, 4) is 0 Å². The summed E-state index contributed by atoms with van der Waals surface area (Å²) >= 11 is 11.9. The molecule has 4 aromatic rings. The van der Waals surface area contributed by atoms with E-state index in [1.54, 1.807) is 48.5 Å². The molecular weight excluding hydrogens is 469 g/mol. The molecule has 2 amide bonds. The van der Waals surface area contributed by atoms with Crippen LogP contribution in [-0.4, -0.2) is 16.4 Å². The molecule has 0 radical (unpaired) electrons. The Balaban J connectivity index is 1.43. The summed E-state index contributed by atoms with van der Waals surface area (Å²) in [6, 6.07) is 23.2. The SMILES string of the molecule is Cc1cc(Cc2ccc(NC(=O)Nc3cccc(Cl)c3)cc2)n(C)c1C(=O)c1ccc(Cl)cc1. The van der Waals surface area contributed by atoms with Crippen molar-refractivity contribution >= 4 is 46.4 Å². The molecule has 34 heavy (non-hydrogen) atoms. The Labute approximate surface area is 208 Å². The van der Waals surface area contributed by atoms with Crippen LogP contribution in [0.3, 0.4) is 0 Å². The molecule has 2 N–H and O–H groups in total. The first kappa shape index (κ1) is 23.6. The number of ketones is 1. The molecular formula is C27H23Cl2N3O2. The summed E-state index contributed by atoms with van der Waals surface area (Å²) in [5.41, 5.74) is 5.56. The molecule has 0 spiro atoms. The number of halogens is 2. The highest BCUT2D eigenvalue weighted by molar-refractivity contribution is 6.31. The van der Waals surface area contributed by atoms with E-state index >= 15 is 0 Å². The molecule has 4 rings (SSSR count). The first-order chi connectivity index (χ1) is 16.3. The Kier molecular flexibility index (Phi) is 7.06. The highest BCUT2D eigenvalue weighted by Crippen LogP contribution is 2.22. The van der Waals surface area contributed by atoms with Crippen LogP contribution in [0.2, 0.25) is 10.0 Å². The average Bonchev–Trinajstić information content (AvgIpc) is 3.07. The number of aryl methyl sites for hydroxylation is 1. The number of hydrogen-bond donors (Lipinski definition) is 2. The lowest BCUT2D eigenvalue weighted by molar-refractivity contribution is 0.103. The van der Waals surface area contributed by atoms with Crippen molar-refractivity contribution in [2.45, 2.75) is 13.3 Å². The topological polar surface area (TPSA) is 63.1 Å². The van der Waals surface area contributed by atoms with Gasteiger partial charge in [-0.1, -0.05) is 41.4 Å². The van der Waals surface area contributed by atoms with E-state index in [1.807, 2.05) is 48.9 Å². The number of carbonyl (C=O) groups excluding carboxylic acids is 2. The molecule has 0 saturated carbocycles. The third-order valence-corrected chi connectivity index (χ3v) is 6.01. The van der Waals surface area contributed by atoms with Crippen LogP contribution in [0, 0.1) is 6.92 Å². The standard InChI is InChI=1S/C27H23Cl2N3O2/c1-17-14-24(32(2)25(17)26(33)19-8-10-20(28)11-9-19)15-18-6-12-22(13-7-18)30-27(34)31-23-5-3-4-21(29)16-23/h3-14,16H,15H2,1-2H3,(H2,30,31,34). The van der Waals surface area contributed by atoms with Gasteiger partial charge in [0.25, 0.3) is 0 Å². The van der Waals surface area contributed by atoms with Gasteiger partial charge in [-0.25, -0.2) is 4.79 Å². The summed E-state index contributed by atoms with van der Waals surface area (Å²) < 4.78 is 1.94. The van der Waals surface area contributed by atoms with E-state index < -0.39 is 0 Å². The maximum Gasteiger partial charge on any atom is 0.323 e. The second kappa shape index (κ2) is 10.2. The van der Waals surface area contributed by atoms with Crippen molar-refractivity contribution in [1.82, 2.24) is 4.57 Å². The number of benzene rings is 3. The predicted octanol–water partition coefficient (Wildman–Crippen LogP) is 7.11. The van der Waals surface area contributed by atoms with Crippen molar-refractivity contribution in [3.63, 3.8) is 0 Å². The molecule has 0 fully saturated rings. The number of aromatic nitrogens is 1. The largest absolute Gasteiger partial charge is 0.344 e. The molecule has 0 saturated heterocycles. The molecule has 3 aromatic carbocycles. The minimum atomic E-state index is -0.349. The lowest BCUT2D eigenvalue weighted by Crippen LogP contribution is -2.19. The normalized spacial score (nSPS) is 10.7. The third kappa shape index (κ3) is 5.50. The second-order valence-corrected chi connectivity index (χ2v) is 8.90. The van der Waals surface area contributed by atoms with Gasteiger partial charge in [-0.05, 0) is 78.7 Å². The van der Waals surface area contributed by atoms with Crippen LogP contribution in [-0.2, 0) is 13.5 Å². The minimum absolute atomic E-state index is 0.0341. The first-order valence-corrected chi connectivity index (χ1v) is 11.4. The lowest BCUT2D eigenvalue weighted by Gasteiger charge is -2.10. The zero-order valence-corrected chi connectivity index (χ0v) is 20.2. The Morgan fingerprint density at radius 1 is 0.824 bits per heavy atom. The molecule has 0 aliphatic rings. The Morgan fingerprint density at radius 3 is 2.18 bits per heavy atom. The maximum atomic E-state index is 13.0. The Bertz CT molecular complexity index is 1340. The monoisotopic (exact) mass is 491 g/mol. The van der Waals surface area contributed by atoms with Gasteiger partial charge in [-0.3, -0.25) is 4.79 Å². The van der Waals surface area contributed by atoms with E-state index in [-0.39, 0.29) is 11.8 Å². The van der Waals surface area contributed by atoms with Gasteiger partial charge in [0, 0.05) is 46.1 Å². The van der Waals surface area contributed by atoms with E-state index in [2.05, 4.69) is 10.6 Å². The van der Waals surface area contributed by atoms with Gasteiger partial charge in [0.15, 0.2) is 0 Å². The maximum absolute atomic E-state index is 13.0. The number of amides is 2. The minimum Gasteiger partial charge on any atom is -0.344 e. The molecule has 1 heterocycles. The highest BCUT2D eigenvalue weighted by atomic mass is 35.5. The number of carbonyl (C=O) groups is 2. The van der Waals surface area contributed by atoms with Gasteiger partial charge in [0.1, 0.15) is 0 Å². The predicted molar refractivity (Wildman–Crippen MR) is 138 cm³/mol. The number of nitrogens with zero attached hydrogens (tertiary/aromatic N) is 1. The fourth-order valence-corrected chi connectivity index (χ4v) is 4.15. The van der Waals surface area contributed by atoms with Gasteiger partial charge < -0.3 is 15.2 Å². The summed E-state index contributed by atoms with van der Waals surface area (Å²) in [6.07, 6.45) is 0.653. The molecule has 172 valence electrons. The molecule has 1 aromatic heterocycles. The van der Waals surface area contributed by atoms with Crippen LogP contribution >= 0.6 is 23.2 Å². The van der Waals surface area contributed by atoms with Crippen molar-refractivity contribution < 1.29 is 9.59 Å². The molecule has 0 unspecified atom stereocenters. The zero-order chi connectivity index (χ0) is 24.2. The number of hydrogen-bond acceptors (Lipinski definition) is 2. The van der Waals surface area contributed by atoms with Crippen LogP contribution in [0.5, 0.6) is 0 Å².